The Hall–Kier alpha value is -1.12. The number of alkyl halides is 6. The summed E-state index contributed by atoms with van der Waals surface area (Å²) in [6.45, 7) is 0. The maximum Gasteiger partial charge on any atom is 0.573 e. The molecule has 0 bridgehead atoms. The fourth-order valence-electron chi connectivity index (χ4n) is 0.988. The zero-order chi connectivity index (χ0) is 13.4. The van der Waals surface area contributed by atoms with Crippen LogP contribution in [0.2, 0.25) is 0 Å². The third kappa shape index (κ3) is 3.42. The lowest BCUT2D eigenvalue weighted by atomic mass is 10.2. The number of hydrogen-bond acceptors (Lipinski definition) is 2. The van der Waals surface area contributed by atoms with E-state index in [1.807, 2.05) is 0 Å². The van der Waals surface area contributed by atoms with Crippen molar-refractivity contribution in [2.75, 3.05) is 0 Å². The lowest BCUT2D eigenvalue weighted by Gasteiger charge is -2.15. The Labute approximate surface area is 98.9 Å². The van der Waals surface area contributed by atoms with Crippen LogP contribution in [0, 0.1) is 0 Å². The molecule has 0 amide bonds. The van der Waals surface area contributed by atoms with Crippen LogP contribution in [0.5, 0.6) is 11.5 Å². The predicted molar refractivity (Wildman–Crippen MR) is 47.5 cm³/mol. The molecule has 96 valence electrons. The molecule has 0 aliphatic carbocycles. The number of rotatable bonds is 1. The molecule has 0 unspecified atom stereocenters. The maximum atomic E-state index is 12.3. The molecule has 1 rings (SSSR count). The molecule has 0 aromatic heterocycles. The van der Waals surface area contributed by atoms with E-state index in [1.165, 1.54) is 0 Å². The third-order valence-electron chi connectivity index (χ3n) is 1.61. The van der Waals surface area contributed by atoms with Crippen LogP contribution in [0.25, 0.3) is 0 Å². The van der Waals surface area contributed by atoms with E-state index in [0.29, 0.717) is 12.1 Å². The van der Waals surface area contributed by atoms with Gasteiger partial charge in [-0.3, -0.25) is 0 Å². The molecule has 17 heavy (non-hydrogen) atoms. The van der Waals surface area contributed by atoms with E-state index in [-0.39, 0.29) is 0 Å². The van der Waals surface area contributed by atoms with Crippen LogP contribution in [0.4, 0.5) is 26.3 Å². The molecule has 0 saturated carbocycles. The van der Waals surface area contributed by atoms with E-state index < -0.39 is 34.1 Å². The van der Waals surface area contributed by atoms with Crippen LogP contribution in [0.15, 0.2) is 16.6 Å². The van der Waals surface area contributed by atoms with Crippen molar-refractivity contribution >= 4 is 15.9 Å². The molecule has 0 aliphatic rings. The molecule has 0 spiro atoms. The van der Waals surface area contributed by atoms with Crippen LogP contribution >= 0.6 is 15.9 Å². The molecular formula is C8H3BrF6O2. The summed E-state index contributed by atoms with van der Waals surface area (Å²) in [5, 5.41) is 9.09. The van der Waals surface area contributed by atoms with Crippen molar-refractivity contribution in [1.82, 2.24) is 0 Å². The Kier molecular flexibility index (Phi) is 3.51. The third-order valence-corrected chi connectivity index (χ3v) is 2.23. The highest BCUT2D eigenvalue weighted by atomic mass is 79.9. The first-order valence-electron chi connectivity index (χ1n) is 3.87. The smallest absolute Gasteiger partial charge is 0.504 e. The highest BCUT2D eigenvalue weighted by Crippen LogP contribution is 2.45. The van der Waals surface area contributed by atoms with Crippen LogP contribution in [-0.2, 0) is 6.18 Å². The Bertz CT molecular complexity index is 425. The molecule has 1 aromatic rings. The van der Waals surface area contributed by atoms with Crippen molar-refractivity contribution in [1.29, 1.82) is 0 Å². The van der Waals surface area contributed by atoms with Crippen molar-refractivity contribution in [3.05, 3.63) is 22.2 Å². The molecule has 0 saturated heterocycles. The molecule has 1 N–H and O–H groups in total. The molecule has 0 heterocycles. The van der Waals surface area contributed by atoms with Gasteiger partial charge in [-0.25, -0.2) is 0 Å². The van der Waals surface area contributed by atoms with Gasteiger partial charge in [0.1, 0.15) is 5.56 Å². The summed E-state index contributed by atoms with van der Waals surface area (Å²) in [6.07, 6.45) is -10.2. The highest BCUT2D eigenvalue weighted by molar-refractivity contribution is 9.10. The molecule has 0 radical (unpaired) electrons. The number of phenols is 1. The molecular weight excluding hydrogens is 322 g/mol. The Morgan fingerprint density at radius 2 is 1.59 bits per heavy atom. The largest absolute Gasteiger partial charge is 0.573 e. The standard InChI is InChI=1S/C8H3BrF6O2/c9-4-2-1-3(7(10,11)12)5(16)6(4)17-8(13,14)15/h1-2,16H. The van der Waals surface area contributed by atoms with Gasteiger partial charge in [0.25, 0.3) is 0 Å². The van der Waals surface area contributed by atoms with E-state index >= 15 is 0 Å². The van der Waals surface area contributed by atoms with Crippen molar-refractivity contribution < 1.29 is 36.2 Å². The zero-order valence-electron chi connectivity index (χ0n) is 7.66. The van der Waals surface area contributed by atoms with Gasteiger partial charge in [0.2, 0.25) is 0 Å². The fourth-order valence-corrected chi connectivity index (χ4v) is 1.39. The zero-order valence-corrected chi connectivity index (χ0v) is 9.24. The molecule has 0 aliphatic heterocycles. The summed E-state index contributed by atoms with van der Waals surface area (Å²) < 4.78 is 75.4. The number of benzene rings is 1. The lowest BCUT2D eigenvalue weighted by molar-refractivity contribution is -0.275. The van der Waals surface area contributed by atoms with Crippen LogP contribution in [0.3, 0.4) is 0 Å². The molecule has 0 atom stereocenters. The number of aromatic hydroxyl groups is 1. The van der Waals surface area contributed by atoms with Gasteiger partial charge in [-0.1, -0.05) is 0 Å². The van der Waals surface area contributed by atoms with Crippen molar-refractivity contribution in [3.8, 4) is 11.5 Å². The first-order valence-corrected chi connectivity index (χ1v) is 4.66. The highest BCUT2D eigenvalue weighted by Gasteiger charge is 2.39. The van der Waals surface area contributed by atoms with Crippen LogP contribution < -0.4 is 4.74 Å². The first kappa shape index (κ1) is 13.9. The summed E-state index contributed by atoms with van der Waals surface area (Å²) in [5.41, 5.74) is -1.61. The number of ether oxygens (including phenoxy) is 1. The molecule has 1 aromatic carbocycles. The van der Waals surface area contributed by atoms with Gasteiger partial charge in [-0.2, -0.15) is 13.2 Å². The Morgan fingerprint density at radius 1 is 1.06 bits per heavy atom. The van der Waals surface area contributed by atoms with Gasteiger partial charge in [-0.15, -0.1) is 13.2 Å². The summed E-state index contributed by atoms with van der Waals surface area (Å²) in [7, 11) is 0. The Morgan fingerprint density at radius 3 is 2.00 bits per heavy atom. The summed E-state index contributed by atoms with van der Waals surface area (Å²) in [6, 6.07) is 1.13. The number of phenolic OH excluding ortho intramolecular Hbond substituents is 1. The summed E-state index contributed by atoms with van der Waals surface area (Å²) in [4.78, 5) is 0. The van der Waals surface area contributed by atoms with Crippen LogP contribution in [-0.4, -0.2) is 11.5 Å². The van der Waals surface area contributed by atoms with Gasteiger partial charge < -0.3 is 9.84 Å². The second kappa shape index (κ2) is 4.28. The lowest BCUT2D eigenvalue weighted by Crippen LogP contribution is -2.18. The van der Waals surface area contributed by atoms with Crippen molar-refractivity contribution in [3.63, 3.8) is 0 Å². The van der Waals surface area contributed by atoms with Crippen molar-refractivity contribution in [2.45, 2.75) is 12.5 Å². The quantitative estimate of drug-likeness (QED) is 0.789. The maximum absolute atomic E-state index is 12.3. The Balaban J connectivity index is 3.31. The molecule has 0 fully saturated rings. The first-order chi connectivity index (χ1) is 7.52. The minimum Gasteiger partial charge on any atom is -0.504 e. The van der Waals surface area contributed by atoms with E-state index in [0.717, 1.165) is 0 Å². The van der Waals surface area contributed by atoms with Gasteiger partial charge in [0, 0.05) is 0 Å². The van der Waals surface area contributed by atoms with Gasteiger partial charge >= 0.3 is 12.5 Å². The van der Waals surface area contributed by atoms with E-state index in [2.05, 4.69) is 20.7 Å². The SMILES string of the molecule is Oc1c(C(F)(F)F)ccc(Br)c1OC(F)(F)F. The van der Waals surface area contributed by atoms with E-state index in [1.54, 1.807) is 0 Å². The van der Waals surface area contributed by atoms with E-state index in [4.69, 9.17) is 5.11 Å². The van der Waals surface area contributed by atoms with Gasteiger partial charge in [-0.05, 0) is 28.1 Å². The molecule has 2 nitrogen and oxygen atoms in total. The predicted octanol–water partition coefficient (Wildman–Crippen LogP) is 4.07. The summed E-state index contributed by atoms with van der Waals surface area (Å²) in [5.74, 6) is -2.95. The van der Waals surface area contributed by atoms with Crippen LogP contribution in [0.1, 0.15) is 5.56 Å². The average molecular weight is 325 g/mol. The number of hydrogen-bond donors (Lipinski definition) is 1. The average Bonchev–Trinajstić information content (AvgIpc) is 2.08. The van der Waals surface area contributed by atoms with Crippen molar-refractivity contribution in [2.24, 2.45) is 0 Å². The minimum atomic E-state index is -5.20. The monoisotopic (exact) mass is 324 g/mol. The summed E-state index contributed by atoms with van der Waals surface area (Å²) >= 11 is 2.55. The number of halogens is 7. The second-order valence-electron chi connectivity index (χ2n) is 2.82. The van der Waals surface area contributed by atoms with Gasteiger partial charge in [0.05, 0.1) is 4.47 Å². The molecule has 9 heteroatoms. The minimum absolute atomic E-state index is 0.433. The fraction of sp³-hybridized carbons (Fsp3) is 0.250. The van der Waals surface area contributed by atoms with E-state index in [9.17, 15) is 26.3 Å². The topological polar surface area (TPSA) is 29.5 Å². The normalized spacial score (nSPS) is 12.6. The second-order valence-corrected chi connectivity index (χ2v) is 3.67. The van der Waals surface area contributed by atoms with Gasteiger partial charge in [0.15, 0.2) is 11.5 Å².